The summed E-state index contributed by atoms with van der Waals surface area (Å²) in [5.41, 5.74) is 2.28. The molecule has 0 aliphatic carbocycles. The lowest BCUT2D eigenvalue weighted by atomic mass is 9.87. The Morgan fingerprint density at radius 3 is 2.41 bits per heavy atom. The monoisotopic (exact) mass is 543 g/mol. The Hall–Kier alpha value is -3.19. The van der Waals surface area contributed by atoms with Crippen molar-refractivity contribution in [2.24, 2.45) is 0 Å². The van der Waals surface area contributed by atoms with Gasteiger partial charge >= 0.3 is 0 Å². The number of rotatable bonds is 12. The molecular formula is C33H37NO4S. The first-order valence-corrected chi connectivity index (χ1v) is 14.6. The molecule has 2 atom stereocenters. The van der Waals surface area contributed by atoms with Crippen LogP contribution in [0.2, 0.25) is 0 Å². The van der Waals surface area contributed by atoms with Gasteiger partial charge in [0.2, 0.25) is 0 Å². The number of piperidine rings is 1. The zero-order valence-corrected chi connectivity index (χ0v) is 23.5. The van der Waals surface area contributed by atoms with Crippen LogP contribution in [0.1, 0.15) is 29.9 Å². The van der Waals surface area contributed by atoms with E-state index in [2.05, 4.69) is 72.0 Å². The molecule has 39 heavy (non-hydrogen) atoms. The van der Waals surface area contributed by atoms with Crippen molar-refractivity contribution in [2.45, 2.75) is 36.4 Å². The minimum absolute atomic E-state index is 0.0581. The molecule has 1 heterocycles. The van der Waals surface area contributed by atoms with Gasteiger partial charge in [0, 0.05) is 39.4 Å². The van der Waals surface area contributed by atoms with Gasteiger partial charge in [-0.1, -0.05) is 54.6 Å². The standard InChI is InChI=1S/C33H37NO4S/c1-35-31-21-25(33(36-2)30-12-7-6-11-29(30)31)23-38-32-22-34-18-17-28(32)24-13-15-26(16-14-24)37-19-8-20-39-27-9-4-3-5-10-27/h3-7,9-16,21,28,32,34H,8,17-20,22-23H2,1-2H3. The third kappa shape index (κ3) is 6.88. The van der Waals surface area contributed by atoms with E-state index in [9.17, 15) is 0 Å². The maximum Gasteiger partial charge on any atom is 0.132 e. The van der Waals surface area contributed by atoms with Crippen LogP contribution in [0, 0.1) is 0 Å². The summed E-state index contributed by atoms with van der Waals surface area (Å²) >= 11 is 1.87. The normalized spacial score (nSPS) is 17.2. The fraction of sp³-hybridized carbons (Fsp3) is 0.333. The van der Waals surface area contributed by atoms with Gasteiger partial charge < -0.3 is 24.3 Å². The van der Waals surface area contributed by atoms with Crippen molar-refractivity contribution in [3.05, 3.63) is 96.1 Å². The third-order valence-corrected chi connectivity index (χ3v) is 8.31. The van der Waals surface area contributed by atoms with Gasteiger partial charge in [0.1, 0.15) is 17.2 Å². The molecule has 5 nitrogen and oxygen atoms in total. The summed E-state index contributed by atoms with van der Waals surface area (Å²) < 4.78 is 24.1. The van der Waals surface area contributed by atoms with Crippen molar-refractivity contribution in [2.75, 3.05) is 39.7 Å². The van der Waals surface area contributed by atoms with Gasteiger partial charge in [-0.3, -0.25) is 0 Å². The molecule has 0 radical (unpaired) electrons. The van der Waals surface area contributed by atoms with Crippen LogP contribution in [0.25, 0.3) is 10.8 Å². The van der Waals surface area contributed by atoms with E-state index >= 15 is 0 Å². The molecule has 6 heteroatoms. The minimum atomic E-state index is 0.0581. The molecule has 5 rings (SSSR count). The number of hydrogen-bond acceptors (Lipinski definition) is 6. The predicted molar refractivity (Wildman–Crippen MR) is 160 cm³/mol. The van der Waals surface area contributed by atoms with E-state index in [0.29, 0.717) is 12.5 Å². The predicted octanol–water partition coefficient (Wildman–Crippen LogP) is 7.08. The van der Waals surface area contributed by atoms with Crippen LogP contribution in [-0.4, -0.2) is 45.8 Å². The molecule has 4 aromatic carbocycles. The largest absolute Gasteiger partial charge is 0.496 e. The molecule has 204 valence electrons. The van der Waals surface area contributed by atoms with Crippen LogP contribution < -0.4 is 19.5 Å². The summed E-state index contributed by atoms with van der Waals surface area (Å²) in [5, 5.41) is 5.58. The van der Waals surface area contributed by atoms with E-state index in [1.807, 2.05) is 30.0 Å². The number of thioether (sulfide) groups is 1. The molecule has 2 unspecified atom stereocenters. The topological polar surface area (TPSA) is 49.0 Å². The Bertz CT molecular complexity index is 1330. The van der Waals surface area contributed by atoms with E-state index in [4.69, 9.17) is 18.9 Å². The van der Waals surface area contributed by atoms with Crippen LogP contribution >= 0.6 is 11.8 Å². The molecule has 1 N–H and O–H groups in total. The first-order valence-electron chi connectivity index (χ1n) is 13.6. The van der Waals surface area contributed by atoms with Crippen molar-refractivity contribution in [3.8, 4) is 17.2 Å². The van der Waals surface area contributed by atoms with Crippen LogP contribution in [0.15, 0.2) is 89.8 Å². The van der Waals surface area contributed by atoms with Crippen molar-refractivity contribution >= 4 is 22.5 Å². The number of fused-ring (bicyclic) bond motifs is 1. The van der Waals surface area contributed by atoms with Crippen molar-refractivity contribution in [3.63, 3.8) is 0 Å². The number of nitrogens with one attached hydrogen (secondary N) is 1. The second-order valence-corrected chi connectivity index (χ2v) is 10.9. The number of methoxy groups -OCH3 is 2. The Labute approximate surface area is 235 Å². The summed E-state index contributed by atoms with van der Waals surface area (Å²) in [6.07, 6.45) is 2.09. The summed E-state index contributed by atoms with van der Waals surface area (Å²) in [5.74, 6) is 3.95. The summed E-state index contributed by atoms with van der Waals surface area (Å²) in [4.78, 5) is 1.30. The molecule has 0 aromatic heterocycles. The SMILES string of the molecule is COc1cc(COC2CNCCC2c2ccc(OCCCSc3ccccc3)cc2)c(OC)c2ccccc12. The molecular weight excluding hydrogens is 506 g/mol. The Morgan fingerprint density at radius 1 is 0.872 bits per heavy atom. The van der Waals surface area contributed by atoms with Crippen molar-refractivity contribution in [1.29, 1.82) is 0 Å². The van der Waals surface area contributed by atoms with Gasteiger partial charge in [-0.25, -0.2) is 0 Å². The molecule has 1 aliphatic heterocycles. The molecule has 0 amide bonds. The van der Waals surface area contributed by atoms with Gasteiger partial charge in [0.25, 0.3) is 0 Å². The lowest BCUT2D eigenvalue weighted by Crippen LogP contribution is -2.41. The molecule has 1 aliphatic rings. The second kappa shape index (κ2) is 13.7. The highest BCUT2D eigenvalue weighted by Gasteiger charge is 2.28. The molecule has 0 saturated carbocycles. The Morgan fingerprint density at radius 2 is 1.64 bits per heavy atom. The first-order chi connectivity index (χ1) is 19.3. The number of benzene rings is 4. The minimum Gasteiger partial charge on any atom is -0.496 e. The van der Waals surface area contributed by atoms with E-state index in [0.717, 1.165) is 71.9 Å². The molecule has 1 saturated heterocycles. The first kappa shape index (κ1) is 27.4. The second-order valence-electron chi connectivity index (χ2n) is 9.70. The van der Waals surface area contributed by atoms with Gasteiger partial charge in [0.15, 0.2) is 0 Å². The average molecular weight is 544 g/mol. The zero-order valence-electron chi connectivity index (χ0n) is 22.7. The van der Waals surface area contributed by atoms with E-state index in [1.54, 1.807) is 14.2 Å². The number of ether oxygens (including phenoxy) is 4. The smallest absolute Gasteiger partial charge is 0.132 e. The van der Waals surface area contributed by atoms with Crippen molar-refractivity contribution in [1.82, 2.24) is 5.32 Å². The van der Waals surface area contributed by atoms with Gasteiger partial charge in [-0.05, 0) is 55.3 Å². The molecule has 1 fully saturated rings. The molecule has 0 bridgehead atoms. The summed E-state index contributed by atoms with van der Waals surface area (Å²) in [7, 11) is 3.42. The van der Waals surface area contributed by atoms with Crippen LogP contribution in [0.3, 0.4) is 0 Å². The summed E-state index contributed by atoms with van der Waals surface area (Å²) in [6.45, 7) is 2.97. The lowest BCUT2D eigenvalue weighted by Gasteiger charge is -2.33. The lowest BCUT2D eigenvalue weighted by molar-refractivity contribution is 0.00983. The molecule has 4 aromatic rings. The van der Waals surface area contributed by atoms with Gasteiger partial charge in [0.05, 0.1) is 33.5 Å². The molecule has 0 spiro atoms. The van der Waals surface area contributed by atoms with E-state index in [-0.39, 0.29) is 6.10 Å². The van der Waals surface area contributed by atoms with Crippen molar-refractivity contribution < 1.29 is 18.9 Å². The Kier molecular flexibility index (Phi) is 9.65. The Balaban J connectivity index is 1.19. The highest BCUT2D eigenvalue weighted by Crippen LogP contribution is 2.38. The van der Waals surface area contributed by atoms with Gasteiger partial charge in [-0.15, -0.1) is 11.8 Å². The average Bonchev–Trinajstić information content (AvgIpc) is 3.00. The maximum atomic E-state index is 6.55. The maximum absolute atomic E-state index is 6.55. The highest BCUT2D eigenvalue weighted by atomic mass is 32.2. The van der Waals surface area contributed by atoms with E-state index in [1.165, 1.54) is 10.5 Å². The third-order valence-electron chi connectivity index (χ3n) is 7.22. The summed E-state index contributed by atoms with van der Waals surface area (Å²) in [6, 6.07) is 29.3. The number of hydrogen-bond donors (Lipinski definition) is 1. The zero-order chi connectivity index (χ0) is 26.9. The van der Waals surface area contributed by atoms with Gasteiger partial charge in [-0.2, -0.15) is 0 Å². The van der Waals surface area contributed by atoms with Crippen LogP contribution in [-0.2, 0) is 11.3 Å². The highest BCUT2D eigenvalue weighted by molar-refractivity contribution is 7.99. The fourth-order valence-corrected chi connectivity index (χ4v) is 6.09. The van der Waals surface area contributed by atoms with E-state index < -0.39 is 0 Å². The van der Waals surface area contributed by atoms with Crippen LogP contribution in [0.4, 0.5) is 0 Å². The van der Waals surface area contributed by atoms with Crippen LogP contribution in [0.5, 0.6) is 17.2 Å². The fourth-order valence-electron chi connectivity index (χ4n) is 5.24. The quantitative estimate of drug-likeness (QED) is 0.152.